The third-order valence-corrected chi connectivity index (χ3v) is 5.59. The summed E-state index contributed by atoms with van der Waals surface area (Å²) in [6.07, 6.45) is 0.679. The molecule has 1 N–H and O–H groups in total. The zero-order valence-electron chi connectivity index (χ0n) is 15.4. The van der Waals surface area contributed by atoms with Crippen molar-refractivity contribution in [3.63, 3.8) is 0 Å². The highest BCUT2D eigenvalue weighted by Crippen LogP contribution is 2.38. The van der Waals surface area contributed by atoms with Crippen molar-refractivity contribution >= 4 is 35.2 Å². The monoisotopic (exact) mass is 416 g/mol. The van der Waals surface area contributed by atoms with Crippen molar-refractivity contribution in [1.29, 1.82) is 0 Å². The van der Waals surface area contributed by atoms with Gasteiger partial charge >= 0.3 is 6.09 Å². The first-order chi connectivity index (χ1) is 14.0. The molecule has 0 radical (unpaired) electrons. The van der Waals surface area contributed by atoms with Crippen molar-refractivity contribution in [1.82, 2.24) is 5.32 Å². The van der Waals surface area contributed by atoms with Gasteiger partial charge in [-0.1, -0.05) is 35.9 Å². The molecule has 2 heterocycles. The number of amides is 3. The van der Waals surface area contributed by atoms with E-state index >= 15 is 0 Å². The van der Waals surface area contributed by atoms with Crippen LogP contribution >= 0.6 is 11.6 Å². The number of imide groups is 1. The fraction of sp³-hybridized carbons (Fsp3) is 0.286. The lowest BCUT2D eigenvalue weighted by atomic mass is 9.88. The topological polar surface area (TPSA) is 75.7 Å². The quantitative estimate of drug-likeness (QED) is 0.767. The number of hydrogen-bond donors (Lipinski definition) is 1. The Labute approximate surface area is 171 Å². The van der Waals surface area contributed by atoms with Crippen LogP contribution in [0.25, 0.3) is 11.1 Å². The maximum Gasteiger partial charge on any atom is 0.414 e. The number of hydrogen-bond acceptors (Lipinski definition) is 4. The second-order valence-electron chi connectivity index (χ2n) is 7.00. The lowest BCUT2D eigenvalue weighted by Gasteiger charge is -2.27. The van der Waals surface area contributed by atoms with E-state index in [0.29, 0.717) is 47.7 Å². The number of benzene rings is 2. The van der Waals surface area contributed by atoms with Crippen LogP contribution in [0.1, 0.15) is 30.7 Å². The maximum atomic E-state index is 14.8. The van der Waals surface area contributed by atoms with Gasteiger partial charge in [-0.2, -0.15) is 0 Å². The first-order valence-corrected chi connectivity index (χ1v) is 9.70. The first kappa shape index (κ1) is 19.4. The van der Waals surface area contributed by atoms with E-state index in [4.69, 9.17) is 16.3 Å². The molecule has 1 unspecified atom stereocenters. The Bertz CT molecular complexity index is 1010. The summed E-state index contributed by atoms with van der Waals surface area (Å²) < 4.78 is 19.8. The van der Waals surface area contributed by atoms with Gasteiger partial charge in [-0.05, 0) is 36.1 Å². The molecule has 0 aromatic heterocycles. The van der Waals surface area contributed by atoms with Crippen LogP contribution in [-0.4, -0.2) is 31.1 Å². The average Bonchev–Trinajstić information content (AvgIpc) is 2.69. The molecule has 2 aromatic rings. The van der Waals surface area contributed by atoms with Gasteiger partial charge in [0.15, 0.2) is 0 Å². The highest BCUT2D eigenvalue weighted by Gasteiger charge is 2.30. The fourth-order valence-corrected chi connectivity index (χ4v) is 4.06. The van der Waals surface area contributed by atoms with E-state index in [0.717, 1.165) is 0 Å². The third-order valence-electron chi connectivity index (χ3n) is 5.16. The predicted octanol–water partition coefficient (Wildman–Crippen LogP) is 4.01. The van der Waals surface area contributed by atoms with E-state index in [2.05, 4.69) is 5.32 Å². The molecule has 2 aliphatic heterocycles. The Kier molecular flexibility index (Phi) is 5.24. The third kappa shape index (κ3) is 3.70. The van der Waals surface area contributed by atoms with Crippen LogP contribution in [0.15, 0.2) is 36.4 Å². The van der Waals surface area contributed by atoms with Crippen molar-refractivity contribution in [3.05, 3.63) is 52.8 Å². The summed E-state index contributed by atoms with van der Waals surface area (Å²) in [6, 6.07) is 9.73. The van der Waals surface area contributed by atoms with Gasteiger partial charge in [0.1, 0.15) is 5.82 Å². The van der Waals surface area contributed by atoms with Crippen molar-refractivity contribution in [2.24, 2.45) is 0 Å². The van der Waals surface area contributed by atoms with Gasteiger partial charge in [-0.15, -0.1) is 0 Å². The predicted molar refractivity (Wildman–Crippen MR) is 105 cm³/mol. The largest absolute Gasteiger partial charge is 0.449 e. The number of nitrogens with one attached hydrogen (secondary N) is 1. The minimum absolute atomic E-state index is 0.149. The Balaban J connectivity index is 1.67. The highest BCUT2D eigenvalue weighted by atomic mass is 35.5. The first-order valence-electron chi connectivity index (χ1n) is 9.32. The summed E-state index contributed by atoms with van der Waals surface area (Å²) in [4.78, 5) is 36.8. The molecule has 2 aliphatic rings. The van der Waals surface area contributed by atoms with Gasteiger partial charge < -0.3 is 4.74 Å². The van der Waals surface area contributed by atoms with E-state index in [-0.39, 0.29) is 23.9 Å². The minimum atomic E-state index is -0.569. The zero-order chi connectivity index (χ0) is 20.5. The van der Waals surface area contributed by atoms with Gasteiger partial charge in [0.2, 0.25) is 11.8 Å². The number of halogens is 2. The van der Waals surface area contributed by atoms with E-state index in [1.54, 1.807) is 24.3 Å². The summed E-state index contributed by atoms with van der Waals surface area (Å²) in [5, 5.41) is 2.66. The number of ether oxygens (including phenoxy) is 1. The van der Waals surface area contributed by atoms with Gasteiger partial charge in [-0.25, -0.2) is 9.18 Å². The number of nitrogens with zero attached hydrogens (tertiary/aromatic N) is 1. The highest BCUT2D eigenvalue weighted by molar-refractivity contribution is 6.34. The Morgan fingerprint density at radius 2 is 2.00 bits per heavy atom. The van der Waals surface area contributed by atoms with Crippen LogP contribution in [0.4, 0.5) is 14.9 Å². The number of anilines is 1. The summed E-state index contributed by atoms with van der Waals surface area (Å²) in [5.74, 6) is -1.78. The molecule has 2 aromatic carbocycles. The van der Waals surface area contributed by atoms with E-state index in [1.807, 2.05) is 0 Å². The van der Waals surface area contributed by atoms with Gasteiger partial charge in [0, 0.05) is 18.5 Å². The van der Waals surface area contributed by atoms with Gasteiger partial charge in [0.25, 0.3) is 0 Å². The van der Waals surface area contributed by atoms with E-state index in [9.17, 15) is 18.8 Å². The summed E-state index contributed by atoms with van der Waals surface area (Å²) in [5.41, 5.74) is 1.84. The molecule has 0 spiro atoms. The molecular formula is C21H18ClFN2O4. The number of cyclic esters (lactones) is 1. The molecule has 8 heteroatoms. The number of rotatable bonds is 3. The van der Waals surface area contributed by atoms with Crippen LogP contribution in [0, 0.1) is 5.82 Å². The molecule has 150 valence electrons. The van der Waals surface area contributed by atoms with Crippen LogP contribution in [0.3, 0.4) is 0 Å². The second kappa shape index (κ2) is 7.83. The lowest BCUT2D eigenvalue weighted by Crippen LogP contribution is -2.39. The van der Waals surface area contributed by atoms with Crippen molar-refractivity contribution < 1.29 is 23.5 Å². The van der Waals surface area contributed by atoms with E-state index < -0.39 is 17.8 Å². The van der Waals surface area contributed by atoms with Crippen LogP contribution in [0.5, 0.6) is 0 Å². The molecule has 29 heavy (non-hydrogen) atoms. The minimum Gasteiger partial charge on any atom is -0.449 e. The summed E-state index contributed by atoms with van der Waals surface area (Å²) in [7, 11) is 0. The lowest BCUT2D eigenvalue weighted by molar-refractivity contribution is -0.134. The molecule has 0 bridgehead atoms. The molecule has 4 rings (SSSR count). The number of carbonyl (C=O) groups is 3. The molecular weight excluding hydrogens is 399 g/mol. The molecule has 2 saturated heterocycles. The summed E-state index contributed by atoms with van der Waals surface area (Å²) >= 11 is 6.57. The Morgan fingerprint density at radius 1 is 1.17 bits per heavy atom. The van der Waals surface area contributed by atoms with E-state index in [1.165, 1.54) is 17.0 Å². The SMILES string of the molecule is O=C1CCC(c2cccc(-c3ccc(N4CCCOC4=O)c(F)c3)c2Cl)C(=O)N1. The van der Waals surface area contributed by atoms with Crippen LogP contribution in [-0.2, 0) is 14.3 Å². The fourth-order valence-electron chi connectivity index (χ4n) is 3.70. The molecule has 0 saturated carbocycles. The second-order valence-corrected chi connectivity index (χ2v) is 7.38. The van der Waals surface area contributed by atoms with Crippen LogP contribution < -0.4 is 10.2 Å². The Hall–Kier alpha value is -2.93. The van der Waals surface area contributed by atoms with Crippen molar-refractivity contribution in [3.8, 4) is 11.1 Å². The van der Waals surface area contributed by atoms with Crippen LogP contribution in [0.2, 0.25) is 5.02 Å². The normalized spacial score (nSPS) is 19.7. The van der Waals surface area contributed by atoms with Gasteiger partial charge in [-0.3, -0.25) is 19.8 Å². The Morgan fingerprint density at radius 3 is 2.72 bits per heavy atom. The zero-order valence-corrected chi connectivity index (χ0v) is 16.2. The summed E-state index contributed by atoms with van der Waals surface area (Å²) in [6.45, 7) is 0.721. The standard InChI is InChI=1S/C21H18ClFN2O4/c22-19-13(3-1-4-14(19)15-6-8-18(26)24-20(15)27)12-5-7-17(16(23)11-12)25-9-2-10-29-21(25)28/h1,3-5,7,11,15H,2,6,8-10H2,(H,24,26,27). The molecule has 1 atom stereocenters. The molecule has 2 fully saturated rings. The number of carbonyl (C=O) groups excluding carboxylic acids is 3. The number of piperidine rings is 1. The molecule has 0 aliphatic carbocycles. The molecule has 3 amide bonds. The molecule has 6 nitrogen and oxygen atoms in total. The average molecular weight is 417 g/mol. The maximum absolute atomic E-state index is 14.8. The van der Waals surface area contributed by atoms with Gasteiger partial charge in [0.05, 0.1) is 23.2 Å². The smallest absolute Gasteiger partial charge is 0.414 e. The van der Waals surface area contributed by atoms with Crippen molar-refractivity contribution in [2.75, 3.05) is 18.1 Å². The van der Waals surface area contributed by atoms with Crippen molar-refractivity contribution in [2.45, 2.75) is 25.2 Å².